The zero-order valence-corrected chi connectivity index (χ0v) is 13.8. The third kappa shape index (κ3) is 4.27. The molecule has 6 nitrogen and oxygen atoms in total. The molecule has 0 radical (unpaired) electrons. The van der Waals surface area contributed by atoms with Gasteiger partial charge < -0.3 is 9.47 Å². The highest BCUT2D eigenvalue weighted by Gasteiger charge is 2.24. The summed E-state index contributed by atoms with van der Waals surface area (Å²) in [5.41, 5.74) is 1.21. The van der Waals surface area contributed by atoms with Gasteiger partial charge in [0.1, 0.15) is 16.9 Å². The summed E-state index contributed by atoms with van der Waals surface area (Å²) >= 11 is 1.41. The third-order valence-corrected chi connectivity index (χ3v) is 4.60. The van der Waals surface area contributed by atoms with E-state index in [1.807, 2.05) is 24.3 Å². The van der Waals surface area contributed by atoms with Crippen LogP contribution in [0.4, 0.5) is 5.13 Å². The summed E-state index contributed by atoms with van der Waals surface area (Å²) < 4.78 is 10.5. The van der Waals surface area contributed by atoms with E-state index in [4.69, 9.17) is 9.47 Å². The number of benzene rings is 1. The third-order valence-electron chi connectivity index (χ3n) is 3.71. The fourth-order valence-corrected chi connectivity index (χ4v) is 3.16. The number of carbonyl (C=O) groups is 1. The van der Waals surface area contributed by atoms with E-state index in [9.17, 15) is 4.79 Å². The van der Waals surface area contributed by atoms with E-state index >= 15 is 0 Å². The predicted molar refractivity (Wildman–Crippen MR) is 87.9 cm³/mol. The molecule has 2 aromatic rings. The molecule has 23 heavy (non-hydrogen) atoms. The van der Waals surface area contributed by atoms with Crippen molar-refractivity contribution in [3.63, 3.8) is 0 Å². The highest BCUT2D eigenvalue weighted by molar-refractivity contribution is 7.15. The number of nitrogens with zero attached hydrogens (tertiary/aromatic N) is 2. The Morgan fingerprint density at radius 2 is 2.17 bits per heavy atom. The lowest BCUT2D eigenvalue weighted by atomic mass is 10.1. The number of aryl methyl sites for hydroxylation is 2. The smallest absolute Gasteiger partial charge is 0.255 e. The highest BCUT2D eigenvalue weighted by atomic mass is 32.1. The number of hydrogen-bond donors (Lipinski definition) is 1. The van der Waals surface area contributed by atoms with Crippen molar-refractivity contribution in [2.24, 2.45) is 0 Å². The molecule has 1 aromatic carbocycles. The minimum atomic E-state index is -0.346. The molecule has 0 spiro atoms. The van der Waals surface area contributed by atoms with Gasteiger partial charge in [0.05, 0.1) is 7.11 Å². The van der Waals surface area contributed by atoms with Gasteiger partial charge in [-0.05, 0) is 37.0 Å². The molecule has 0 aliphatic carbocycles. The zero-order chi connectivity index (χ0) is 16.1. The lowest BCUT2D eigenvalue weighted by Crippen LogP contribution is -2.26. The van der Waals surface area contributed by atoms with Crippen molar-refractivity contribution in [2.45, 2.75) is 31.8 Å². The average Bonchev–Trinajstić information content (AvgIpc) is 3.25. The number of rotatable bonds is 6. The summed E-state index contributed by atoms with van der Waals surface area (Å²) in [7, 11) is 1.66. The number of amides is 1. The summed E-state index contributed by atoms with van der Waals surface area (Å²) in [6.45, 7) is 0.654. The second kappa shape index (κ2) is 7.52. The van der Waals surface area contributed by atoms with Crippen LogP contribution < -0.4 is 10.1 Å². The van der Waals surface area contributed by atoms with Crippen LogP contribution in [0, 0.1) is 0 Å². The predicted octanol–water partition coefficient (Wildman–Crippen LogP) is 2.45. The van der Waals surface area contributed by atoms with E-state index in [1.165, 1.54) is 16.9 Å². The Balaban J connectivity index is 1.51. The fourth-order valence-electron chi connectivity index (χ4n) is 2.42. The van der Waals surface area contributed by atoms with Crippen molar-refractivity contribution >= 4 is 22.4 Å². The number of aromatic nitrogens is 2. The summed E-state index contributed by atoms with van der Waals surface area (Å²) in [6.07, 6.45) is 3.02. The van der Waals surface area contributed by atoms with Gasteiger partial charge in [-0.25, -0.2) is 0 Å². The van der Waals surface area contributed by atoms with Crippen LogP contribution in [0.25, 0.3) is 0 Å². The van der Waals surface area contributed by atoms with Crippen LogP contribution in [0.5, 0.6) is 5.75 Å². The maximum absolute atomic E-state index is 12.0. The molecular weight excluding hydrogens is 314 g/mol. The molecule has 0 unspecified atom stereocenters. The highest BCUT2D eigenvalue weighted by Crippen LogP contribution is 2.20. The number of carbonyl (C=O) groups excluding carboxylic acids is 1. The van der Waals surface area contributed by atoms with Crippen LogP contribution in [0.3, 0.4) is 0 Å². The molecule has 1 fully saturated rings. The van der Waals surface area contributed by atoms with E-state index in [0.717, 1.165) is 36.4 Å². The number of anilines is 1. The molecule has 1 amide bonds. The second-order valence-corrected chi connectivity index (χ2v) is 6.40. The van der Waals surface area contributed by atoms with Crippen molar-refractivity contribution < 1.29 is 14.3 Å². The van der Waals surface area contributed by atoms with Crippen LogP contribution in [-0.4, -0.2) is 35.9 Å². The van der Waals surface area contributed by atoms with E-state index in [-0.39, 0.29) is 12.0 Å². The van der Waals surface area contributed by atoms with Gasteiger partial charge >= 0.3 is 0 Å². The Labute approximate surface area is 138 Å². The first-order chi connectivity index (χ1) is 11.2. The van der Waals surface area contributed by atoms with Gasteiger partial charge in [0.2, 0.25) is 5.13 Å². The van der Waals surface area contributed by atoms with Crippen molar-refractivity contribution in [2.75, 3.05) is 19.0 Å². The van der Waals surface area contributed by atoms with Crippen LogP contribution in [-0.2, 0) is 22.4 Å². The minimum Gasteiger partial charge on any atom is -0.497 e. The number of ether oxygens (including phenoxy) is 2. The maximum Gasteiger partial charge on any atom is 0.255 e. The SMILES string of the molecule is COc1ccc(CCc2nnc(NC(=O)[C@H]3CCCO3)s2)cc1. The van der Waals surface area contributed by atoms with Crippen LogP contribution in [0.2, 0.25) is 0 Å². The van der Waals surface area contributed by atoms with Crippen LogP contribution in [0.1, 0.15) is 23.4 Å². The minimum absolute atomic E-state index is 0.125. The zero-order valence-electron chi connectivity index (χ0n) is 12.9. The topological polar surface area (TPSA) is 73.3 Å². The largest absolute Gasteiger partial charge is 0.497 e. The quantitative estimate of drug-likeness (QED) is 0.879. The molecule has 1 N–H and O–H groups in total. The van der Waals surface area contributed by atoms with E-state index in [2.05, 4.69) is 15.5 Å². The van der Waals surface area contributed by atoms with Crippen molar-refractivity contribution in [3.05, 3.63) is 34.8 Å². The van der Waals surface area contributed by atoms with Gasteiger partial charge in [-0.15, -0.1) is 10.2 Å². The van der Waals surface area contributed by atoms with E-state index in [1.54, 1.807) is 7.11 Å². The van der Waals surface area contributed by atoms with Crippen molar-refractivity contribution in [3.8, 4) is 5.75 Å². The van der Waals surface area contributed by atoms with Gasteiger partial charge in [-0.2, -0.15) is 0 Å². The molecule has 1 saturated heterocycles. The van der Waals surface area contributed by atoms with Gasteiger partial charge in [0.25, 0.3) is 5.91 Å². The fraction of sp³-hybridized carbons (Fsp3) is 0.438. The molecule has 122 valence electrons. The van der Waals surface area contributed by atoms with E-state index < -0.39 is 0 Å². The molecule has 1 aromatic heterocycles. The van der Waals surface area contributed by atoms with Gasteiger partial charge in [-0.3, -0.25) is 10.1 Å². The second-order valence-electron chi connectivity index (χ2n) is 5.34. The average molecular weight is 333 g/mol. The molecule has 7 heteroatoms. The maximum atomic E-state index is 12.0. The summed E-state index contributed by atoms with van der Waals surface area (Å²) in [5, 5.41) is 12.4. The first-order valence-corrected chi connectivity index (χ1v) is 8.44. The Bertz CT molecular complexity index is 651. The molecule has 0 saturated carbocycles. The summed E-state index contributed by atoms with van der Waals surface area (Å²) in [6, 6.07) is 7.98. The first-order valence-electron chi connectivity index (χ1n) is 7.62. The first kappa shape index (κ1) is 15.9. The monoisotopic (exact) mass is 333 g/mol. The van der Waals surface area contributed by atoms with Crippen LogP contribution >= 0.6 is 11.3 Å². The van der Waals surface area contributed by atoms with Gasteiger partial charge in [-0.1, -0.05) is 23.5 Å². The lowest BCUT2D eigenvalue weighted by Gasteiger charge is -2.07. The summed E-state index contributed by atoms with van der Waals surface area (Å²) in [4.78, 5) is 12.0. The summed E-state index contributed by atoms with van der Waals surface area (Å²) in [5.74, 6) is 0.726. The molecule has 2 heterocycles. The van der Waals surface area contributed by atoms with Crippen molar-refractivity contribution in [1.29, 1.82) is 0 Å². The Morgan fingerprint density at radius 1 is 1.35 bits per heavy atom. The van der Waals surface area contributed by atoms with Gasteiger partial charge in [0, 0.05) is 13.0 Å². The molecule has 0 bridgehead atoms. The molecule has 3 rings (SSSR count). The molecule has 1 aliphatic rings. The molecule has 1 aliphatic heterocycles. The Morgan fingerprint density at radius 3 is 2.87 bits per heavy atom. The number of hydrogen-bond acceptors (Lipinski definition) is 6. The number of nitrogens with one attached hydrogen (secondary N) is 1. The van der Waals surface area contributed by atoms with Gasteiger partial charge in [0.15, 0.2) is 0 Å². The van der Waals surface area contributed by atoms with Crippen molar-refractivity contribution in [1.82, 2.24) is 10.2 Å². The normalized spacial score (nSPS) is 17.2. The molecule has 1 atom stereocenters. The Kier molecular flexibility index (Phi) is 5.19. The molecular formula is C16H19N3O3S. The van der Waals surface area contributed by atoms with E-state index in [0.29, 0.717) is 11.7 Å². The van der Waals surface area contributed by atoms with Crippen LogP contribution in [0.15, 0.2) is 24.3 Å². The number of methoxy groups -OCH3 is 1. The lowest BCUT2D eigenvalue weighted by molar-refractivity contribution is -0.124. The Hall–Kier alpha value is -1.99. The standard InChI is InChI=1S/C16H19N3O3S/c1-21-12-7-4-11(5-8-12)6-9-14-18-19-16(23-14)17-15(20)13-3-2-10-22-13/h4-5,7-8,13H,2-3,6,9-10H2,1H3,(H,17,19,20)/t13-/m1/s1.